The van der Waals surface area contributed by atoms with Gasteiger partial charge in [0, 0.05) is 23.1 Å². The van der Waals surface area contributed by atoms with Crippen molar-refractivity contribution in [3.05, 3.63) is 118 Å². The summed E-state index contributed by atoms with van der Waals surface area (Å²) in [6, 6.07) is 20.1. The smallest absolute Gasteiger partial charge is 0.416 e. The van der Waals surface area contributed by atoms with Crippen LogP contribution in [0.3, 0.4) is 0 Å². The molecule has 48 heavy (non-hydrogen) atoms. The van der Waals surface area contributed by atoms with Gasteiger partial charge in [-0.1, -0.05) is 43.2 Å². The highest BCUT2D eigenvalue weighted by atomic mass is 19.4. The van der Waals surface area contributed by atoms with Gasteiger partial charge in [-0.25, -0.2) is 4.39 Å². The van der Waals surface area contributed by atoms with Crippen LogP contribution in [-0.2, 0) is 17.4 Å². The first-order valence-electron chi connectivity index (χ1n) is 16.1. The lowest BCUT2D eigenvalue weighted by atomic mass is 9.80. The zero-order valence-corrected chi connectivity index (χ0v) is 27.0. The van der Waals surface area contributed by atoms with Gasteiger partial charge in [0.2, 0.25) is 5.91 Å². The van der Waals surface area contributed by atoms with Crippen molar-refractivity contribution >= 4 is 28.9 Å². The first-order chi connectivity index (χ1) is 22.9. The summed E-state index contributed by atoms with van der Waals surface area (Å²) in [5.41, 5.74) is 2.06. The Kier molecular flexibility index (Phi) is 9.18. The number of nitrogens with zero attached hydrogens (tertiary/aromatic N) is 1. The Balaban J connectivity index is 1.47. The Morgan fingerprint density at radius 2 is 1.58 bits per heavy atom. The first kappa shape index (κ1) is 33.1. The number of amides is 2. The van der Waals surface area contributed by atoms with Crippen LogP contribution in [0, 0.1) is 25.6 Å². The third kappa shape index (κ3) is 6.61. The number of aryl methyl sites for hydroxylation is 2. The van der Waals surface area contributed by atoms with Crippen LogP contribution in [0.5, 0.6) is 5.75 Å². The molecule has 0 radical (unpaired) electrons. The number of fused-ring (bicyclic) bond motifs is 1. The standard InChI is InChI=1S/C38H37F4N3O3/c1-22-11-14-28(21-31(22)38(40,41)42)44-36(46)30-20-25-19-29(48-3)17-18-33(25)45(37(47)34-23(2)7-6-10-32(34)39)35(30)24-12-15-27(16-13-24)43-26-8-4-5-9-26/h6-7,10-19,21,26,30,35,43H,4-5,8-9,20H2,1-3H3,(H,44,46)/t30-,35-/m0/s1. The second kappa shape index (κ2) is 13.3. The summed E-state index contributed by atoms with van der Waals surface area (Å²) >= 11 is 0. The predicted molar refractivity (Wildman–Crippen MR) is 178 cm³/mol. The van der Waals surface area contributed by atoms with Crippen LogP contribution >= 0.6 is 0 Å². The maximum absolute atomic E-state index is 15.4. The zero-order chi connectivity index (χ0) is 34.2. The van der Waals surface area contributed by atoms with Gasteiger partial charge in [0.25, 0.3) is 5.91 Å². The van der Waals surface area contributed by atoms with E-state index in [9.17, 15) is 22.8 Å². The van der Waals surface area contributed by atoms with E-state index in [1.165, 1.54) is 43.2 Å². The topological polar surface area (TPSA) is 70.7 Å². The van der Waals surface area contributed by atoms with Crippen molar-refractivity contribution in [1.82, 2.24) is 0 Å². The van der Waals surface area contributed by atoms with Gasteiger partial charge in [0.15, 0.2) is 0 Å². The number of carbonyl (C=O) groups is 2. The van der Waals surface area contributed by atoms with Crippen LogP contribution in [0.15, 0.2) is 78.9 Å². The highest BCUT2D eigenvalue weighted by Crippen LogP contribution is 2.45. The molecular weight excluding hydrogens is 622 g/mol. The monoisotopic (exact) mass is 659 g/mol. The summed E-state index contributed by atoms with van der Waals surface area (Å²) in [5.74, 6) is -2.39. The molecule has 1 fully saturated rings. The lowest BCUT2D eigenvalue weighted by Crippen LogP contribution is -2.47. The molecular formula is C38H37F4N3O3. The molecule has 2 N–H and O–H groups in total. The number of rotatable bonds is 7. The minimum Gasteiger partial charge on any atom is -0.497 e. The fourth-order valence-corrected chi connectivity index (χ4v) is 6.96. The summed E-state index contributed by atoms with van der Waals surface area (Å²) in [4.78, 5) is 30.2. The average molecular weight is 660 g/mol. The van der Waals surface area contributed by atoms with Gasteiger partial charge in [0.05, 0.1) is 30.2 Å². The van der Waals surface area contributed by atoms with Gasteiger partial charge in [-0.05, 0) is 104 Å². The molecule has 0 bridgehead atoms. The van der Waals surface area contributed by atoms with Crippen LogP contribution in [0.2, 0.25) is 0 Å². The molecule has 0 unspecified atom stereocenters. The molecule has 0 spiro atoms. The van der Waals surface area contributed by atoms with Crippen LogP contribution in [0.25, 0.3) is 0 Å². The van der Waals surface area contributed by atoms with Crippen molar-refractivity contribution < 1.29 is 31.9 Å². The highest BCUT2D eigenvalue weighted by Gasteiger charge is 2.44. The largest absolute Gasteiger partial charge is 0.497 e. The quantitative estimate of drug-likeness (QED) is 0.194. The van der Waals surface area contributed by atoms with Crippen molar-refractivity contribution in [2.24, 2.45) is 5.92 Å². The molecule has 0 saturated heterocycles. The van der Waals surface area contributed by atoms with E-state index in [0.717, 1.165) is 37.4 Å². The van der Waals surface area contributed by atoms with Gasteiger partial charge < -0.3 is 15.4 Å². The third-order valence-corrected chi connectivity index (χ3v) is 9.43. The molecule has 4 aromatic carbocycles. The molecule has 6 rings (SSSR count). The van der Waals surface area contributed by atoms with E-state index < -0.39 is 41.3 Å². The number of hydrogen-bond donors (Lipinski definition) is 2. The molecule has 1 aliphatic carbocycles. The Hall–Kier alpha value is -4.86. The fourth-order valence-electron chi connectivity index (χ4n) is 6.96. The number of hydrogen-bond acceptors (Lipinski definition) is 4. The number of methoxy groups -OCH3 is 1. The summed E-state index contributed by atoms with van der Waals surface area (Å²) < 4.78 is 62.1. The maximum atomic E-state index is 15.4. The van der Waals surface area contributed by atoms with Crippen molar-refractivity contribution in [1.29, 1.82) is 0 Å². The number of halogens is 4. The number of alkyl halides is 3. The van der Waals surface area contributed by atoms with Gasteiger partial charge in [-0.15, -0.1) is 0 Å². The lowest BCUT2D eigenvalue weighted by Gasteiger charge is -2.42. The predicted octanol–water partition coefficient (Wildman–Crippen LogP) is 9.02. The van der Waals surface area contributed by atoms with E-state index in [2.05, 4.69) is 10.6 Å². The average Bonchev–Trinajstić information content (AvgIpc) is 3.57. The molecule has 1 saturated carbocycles. The van der Waals surface area contributed by atoms with Gasteiger partial charge in [0.1, 0.15) is 11.6 Å². The number of nitrogens with one attached hydrogen (secondary N) is 2. The summed E-state index contributed by atoms with van der Waals surface area (Å²) in [6.07, 6.45) is 0.0118. The molecule has 1 heterocycles. The molecule has 2 amide bonds. The molecule has 10 heteroatoms. The highest BCUT2D eigenvalue weighted by molar-refractivity contribution is 6.09. The normalized spacial score (nSPS) is 17.9. The lowest BCUT2D eigenvalue weighted by molar-refractivity contribution is -0.138. The molecule has 0 aromatic heterocycles. The minimum atomic E-state index is -4.61. The van der Waals surface area contributed by atoms with E-state index in [0.29, 0.717) is 34.2 Å². The molecule has 6 nitrogen and oxygen atoms in total. The van der Waals surface area contributed by atoms with E-state index >= 15 is 4.39 Å². The maximum Gasteiger partial charge on any atom is 0.416 e. The van der Waals surface area contributed by atoms with Crippen LogP contribution in [-0.4, -0.2) is 25.0 Å². The van der Waals surface area contributed by atoms with Crippen molar-refractivity contribution in [3.63, 3.8) is 0 Å². The SMILES string of the molecule is COc1ccc2c(c1)C[C@H](C(=O)Nc1ccc(C)c(C(F)(F)F)c1)[C@H](c1ccc(NC3CCCC3)cc1)N2C(=O)c1c(C)cccc1F. The zero-order valence-electron chi connectivity index (χ0n) is 27.0. The molecule has 1 aliphatic heterocycles. The summed E-state index contributed by atoms with van der Waals surface area (Å²) in [6.45, 7) is 3.00. The number of ether oxygens (including phenoxy) is 1. The van der Waals surface area contributed by atoms with E-state index in [-0.39, 0.29) is 23.2 Å². The van der Waals surface area contributed by atoms with Crippen LogP contribution < -0.4 is 20.3 Å². The van der Waals surface area contributed by atoms with E-state index in [1.807, 2.05) is 24.3 Å². The molecule has 2 atom stereocenters. The van der Waals surface area contributed by atoms with E-state index in [1.54, 1.807) is 31.2 Å². The van der Waals surface area contributed by atoms with Crippen molar-refractivity contribution in [2.45, 2.75) is 64.2 Å². The second-order valence-electron chi connectivity index (χ2n) is 12.6. The molecule has 4 aromatic rings. The van der Waals surface area contributed by atoms with Gasteiger partial charge >= 0.3 is 6.18 Å². The van der Waals surface area contributed by atoms with E-state index in [4.69, 9.17) is 4.74 Å². The number of anilines is 3. The van der Waals surface area contributed by atoms with Crippen LogP contribution in [0.1, 0.15) is 69.9 Å². The van der Waals surface area contributed by atoms with Gasteiger partial charge in [-0.2, -0.15) is 13.2 Å². The van der Waals surface area contributed by atoms with Crippen molar-refractivity contribution in [3.8, 4) is 5.75 Å². The fraction of sp³-hybridized carbons (Fsp3) is 0.316. The van der Waals surface area contributed by atoms with Gasteiger partial charge in [-0.3, -0.25) is 14.5 Å². The summed E-state index contributed by atoms with van der Waals surface area (Å²) in [7, 11) is 1.50. The number of carbonyl (C=O) groups excluding carboxylic acids is 2. The van der Waals surface area contributed by atoms with Crippen molar-refractivity contribution in [2.75, 3.05) is 22.6 Å². The Labute approximate surface area is 277 Å². The number of benzene rings is 4. The Morgan fingerprint density at radius 1 is 0.875 bits per heavy atom. The molecule has 250 valence electrons. The third-order valence-electron chi connectivity index (χ3n) is 9.43. The molecule has 2 aliphatic rings. The summed E-state index contributed by atoms with van der Waals surface area (Å²) in [5, 5.41) is 6.25. The first-order valence-corrected chi connectivity index (χ1v) is 16.1. The Bertz CT molecular complexity index is 1810. The minimum absolute atomic E-state index is 0.0212. The van der Waals surface area contributed by atoms with Crippen LogP contribution in [0.4, 0.5) is 34.6 Å². The Morgan fingerprint density at radius 3 is 2.25 bits per heavy atom. The second-order valence-corrected chi connectivity index (χ2v) is 12.6.